The predicted molar refractivity (Wildman–Crippen MR) is 51.1 cm³/mol. The molecule has 0 radical (unpaired) electrons. The first-order chi connectivity index (χ1) is 6.27. The zero-order valence-electron chi connectivity index (χ0n) is 6.75. The highest BCUT2D eigenvalue weighted by atomic mass is 35.5. The van der Waals surface area contributed by atoms with Gasteiger partial charge in [0, 0.05) is 11.1 Å². The van der Waals surface area contributed by atoms with Gasteiger partial charge < -0.3 is 5.11 Å². The molecule has 1 aromatic carbocycles. The zero-order valence-corrected chi connectivity index (χ0v) is 7.51. The Balaban J connectivity index is 3.13. The van der Waals surface area contributed by atoms with Crippen LogP contribution in [-0.4, -0.2) is 17.3 Å². The summed E-state index contributed by atoms with van der Waals surface area (Å²) in [4.78, 5) is 10.5. The fourth-order valence-corrected chi connectivity index (χ4v) is 0.957. The Kier molecular flexibility index (Phi) is 3.36. The topological polar surface area (TPSA) is 37.3 Å². The molecule has 1 rings (SSSR count). The Morgan fingerprint density at radius 2 is 2.31 bits per heavy atom. The summed E-state index contributed by atoms with van der Waals surface area (Å²) in [5.41, 5.74) is 0.950. The van der Waals surface area contributed by atoms with Crippen molar-refractivity contribution in [3.05, 3.63) is 29.3 Å². The summed E-state index contributed by atoms with van der Waals surface area (Å²) in [6.07, 6.45) is 0.651. The SMILES string of the molecule is O=Cc1cc(O)ccc1C#CCCl. The smallest absolute Gasteiger partial charge is 0.151 e. The molecule has 0 aromatic heterocycles. The predicted octanol–water partition coefficient (Wildman–Crippen LogP) is 1.79. The van der Waals surface area contributed by atoms with Crippen LogP contribution in [0.4, 0.5) is 0 Å². The van der Waals surface area contributed by atoms with Crippen LogP contribution in [0.5, 0.6) is 5.75 Å². The minimum atomic E-state index is 0.0542. The average Bonchev–Trinajstić information content (AvgIpc) is 2.16. The van der Waals surface area contributed by atoms with E-state index in [-0.39, 0.29) is 11.6 Å². The molecule has 0 aliphatic rings. The molecule has 0 saturated heterocycles. The number of benzene rings is 1. The van der Waals surface area contributed by atoms with Gasteiger partial charge in [-0.25, -0.2) is 0 Å². The maximum Gasteiger partial charge on any atom is 0.151 e. The van der Waals surface area contributed by atoms with Crippen molar-refractivity contribution in [2.24, 2.45) is 0 Å². The Morgan fingerprint density at radius 1 is 1.54 bits per heavy atom. The van der Waals surface area contributed by atoms with Gasteiger partial charge in [0.05, 0.1) is 5.88 Å². The standard InChI is InChI=1S/C10H7ClO2/c11-5-1-2-8-3-4-10(13)6-9(8)7-12/h3-4,6-7,13H,5H2. The zero-order chi connectivity index (χ0) is 9.68. The van der Waals surface area contributed by atoms with Gasteiger partial charge in [-0.3, -0.25) is 4.79 Å². The maximum atomic E-state index is 10.5. The van der Waals surface area contributed by atoms with Crippen LogP contribution in [0.3, 0.4) is 0 Å². The Hall–Kier alpha value is -1.46. The number of carbonyl (C=O) groups is 1. The van der Waals surface area contributed by atoms with E-state index in [9.17, 15) is 4.79 Å². The lowest BCUT2D eigenvalue weighted by Gasteiger charge is -1.96. The van der Waals surface area contributed by atoms with Gasteiger partial charge in [-0.2, -0.15) is 0 Å². The first kappa shape index (κ1) is 9.63. The molecule has 0 atom stereocenters. The minimum absolute atomic E-state index is 0.0542. The van der Waals surface area contributed by atoms with Gasteiger partial charge in [0.1, 0.15) is 5.75 Å². The average molecular weight is 195 g/mol. The Labute approximate surface area is 81.1 Å². The number of aromatic hydroxyl groups is 1. The molecule has 0 amide bonds. The molecule has 2 nitrogen and oxygen atoms in total. The molecule has 0 saturated carbocycles. The minimum Gasteiger partial charge on any atom is -0.508 e. The number of alkyl halides is 1. The van der Waals surface area contributed by atoms with E-state index in [0.29, 0.717) is 17.4 Å². The van der Waals surface area contributed by atoms with Gasteiger partial charge >= 0.3 is 0 Å². The third kappa shape index (κ3) is 2.50. The van der Waals surface area contributed by atoms with Gasteiger partial charge in [0.15, 0.2) is 6.29 Å². The summed E-state index contributed by atoms with van der Waals surface area (Å²) in [5, 5.41) is 9.06. The number of carbonyl (C=O) groups excluding carboxylic acids is 1. The number of phenols is 1. The Bertz CT molecular complexity index is 374. The van der Waals surface area contributed by atoms with Crippen LogP contribution >= 0.6 is 11.6 Å². The lowest BCUT2D eigenvalue weighted by molar-refractivity contribution is 0.112. The van der Waals surface area contributed by atoms with E-state index >= 15 is 0 Å². The van der Waals surface area contributed by atoms with Gasteiger partial charge in [-0.15, -0.1) is 11.6 Å². The highest BCUT2D eigenvalue weighted by Crippen LogP contribution is 2.13. The maximum absolute atomic E-state index is 10.5. The van der Waals surface area contributed by atoms with Crippen molar-refractivity contribution >= 4 is 17.9 Å². The first-order valence-electron chi connectivity index (χ1n) is 3.61. The second kappa shape index (κ2) is 4.54. The molecular formula is C10H7ClO2. The number of rotatable bonds is 1. The van der Waals surface area contributed by atoms with E-state index in [1.807, 2.05) is 0 Å². The molecule has 0 aliphatic carbocycles. The molecule has 0 aliphatic heterocycles. The summed E-state index contributed by atoms with van der Waals surface area (Å²) < 4.78 is 0. The van der Waals surface area contributed by atoms with Crippen LogP contribution in [-0.2, 0) is 0 Å². The lowest BCUT2D eigenvalue weighted by atomic mass is 10.1. The number of aldehydes is 1. The lowest BCUT2D eigenvalue weighted by Crippen LogP contribution is -1.86. The third-order valence-electron chi connectivity index (χ3n) is 1.45. The van der Waals surface area contributed by atoms with Crippen molar-refractivity contribution in [2.45, 2.75) is 0 Å². The van der Waals surface area contributed by atoms with Crippen LogP contribution in [0.25, 0.3) is 0 Å². The molecule has 3 heteroatoms. The second-order valence-corrected chi connectivity index (χ2v) is 2.59. The second-order valence-electron chi connectivity index (χ2n) is 2.32. The molecule has 0 spiro atoms. The normalized spacial score (nSPS) is 8.69. The summed E-state index contributed by atoms with van der Waals surface area (Å²) >= 11 is 5.37. The number of phenolic OH excluding ortho intramolecular Hbond substituents is 1. The van der Waals surface area contributed by atoms with Gasteiger partial charge in [0.2, 0.25) is 0 Å². The van der Waals surface area contributed by atoms with E-state index < -0.39 is 0 Å². The summed E-state index contributed by atoms with van der Waals surface area (Å²) in [6.45, 7) is 0. The summed E-state index contributed by atoms with van der Waals surface area (Å²) in [5.74, 6) is 5.63. The van der Waals surface area contributed by atoms with Crippen molar-refractivity contribution in [1.29, 1.82) is 0 Å². The van der Waals surface area contributed by atoms with Gasteiger partial charge in [0.25, 0.3) is 0 Å². The fraction of sp³-hybridized carbons (Fsp3) is 0.100. The number of halogens is 1. The molecular weight excluding hydrogens is 188 g/mol. The van der Waals surface area contributed by atoms with E-state index in [4.69, 9.17) is 16.7 Å². The molecule has 0 unspecified atom stereocenters. The largest absolute Gasteiger partial charge is 0.508 e. The third-order valence-corrected chi connectivity index (χ3v) is 1.59. The quantitative estimate of drug-likeness (QED) is 0.421. The molecule has 1 N–H and O–H groups in total. The number of hydrogen-bond acceptors (Lipinski definition) is 2. The monoisotopic (exact) mass is 194 g/mol. The van der Waals surface area contributed by atoms with Gasteiger partial charge in [-0.1, -0.05) is 11.8 Å². The van der Waals surface area contributed by atoms with Crippen LogP contribution in [0, 0.1) is 11.8 Å². The molecule has 66 valence electrons. The van der Waals surface area contributed by atoms with Crippen molar-refractivity contribution in [3.8, 4) is 17.6 Å². The molecule has 1 aromatic rings. The van der Waals surface area contributed by atoms with Crippen LogP contribution in [0.15, 0.2) is 18.2 Å². The van der Waals surface area contributed by atoms with Crippen molar-refractivity contribution in [1.82, 2.24) is 0 Å². The highest BCUT2D eigenvalue weighted by Gasteiger charge is 1.98. The molecule has 13 heavy (non-hydrogen) atoms. The fourth-order valence-electron chi connectivity index (χ4n) is 0.890. The van der Waals surface area contributed by atoms with E-state index in [1.54, 1.807) is 6.07 Å². The molecule has 0 bridgehead atoms. The van der Waals surface area contributed by atoms with Gasteiger partial charge in [-0.05, 0) is 18.2 Å². The van der Waals surface area contributed by atoms with Crippen molar-refractivity contribution in [2.75, 3.05) is 5.88 Å². The highest BCUT2D eigenvalue weighted by molar-refractivity contribution is 6.19. The van der Waals surface area contributed by atoms with Crippen LogP contribution < -0.4 is 0 Å². The summed E-state index contributed by atoms with van der Waals surface area (Å²) in [6, 6.07) is 4.43. The van der Waals surface area contributed by atoms with Crippen molar-refractivity contribution < 1.29 is 9.90 Å². The number of hydrogen-bond donors (Lipinski definition) is 1. The van der Waals surface area contributed by atoms with Crippen molar-refractivity contribution in [3.63, 3.8) is 0 Å². The molecule has 0 fully saturated rings. The molecule has 0 heterocycles. The van der Waals surface area contributed by atoms with Crippen LogP contribution in [0.1, 0.15) is 15.9 Å². The van der Waals surface area contributed by atoms with E-state index in [1.165, 1.54) is 12.1 Å². The summed E-state index contributed by atoms with van der Waals surface area (Å²) in [7, 11) is 0. The van der Waals surface area contributed by atoms with E-state index in [2.05, 4.69) is 11.8 Å². The van der Waals surface area contributed by atoms with E-state index in [0.717, 1.165) is 0 Å². The first-order valence-corrected chi connectivity index (χ1v) is 4.14. The Morgan fingerprint density at radius 3 is 2.92 bits per heavy atom. The van der Waals surface area contributed by atoms with Crippen LogP contribution in [0.2, 0.25) is 0 Å².